The summed E-state index contributed by atoms with van der Waals surface area (Å²) in [6.07, 6.45) is 1.06. The molecule has 1 saturated heterocycles. The molecule has 1 aromatic heterocycles. The maximum atomic E-state index is 9.35. The number of aliphatic hydroxyl groups excluding tert-OH is 1. The Bertz CT molecular complexity index is 577. The molecule has 3 rings (SSSR count). The van der Waals surface area contributed by atoms with Crippen molar-refractivity contribution in [2.75, 3.05) is 31.1 Å². The van der Waals surface area contributed by atoms with E-state index in [9.17, 15) is 5.11 Å². The number of nitrogens with one attached hydrogen (secondary N) is 1. The number of oxazole rings is 1. The molecule has 1 aliphatic heterocycles. The minimum Gasteiger partial charge on any atom is -0.423 e. The second kappa shape index (κ2) is 5.36. The van der Waals surface area contributed by atoms with Crippen LogP contribution in [0.5, 0.6) is 0 Å². The standard InChI is InChI=1S/C13H16ClN3O2/c14-10-6-9(8-18)12-11(7-10)16-13(19-12)17-4-1-2-15-3-5-17/h6-7,15,18H,1-5,8H2. The Labute approximate surface area is 116 Å². The van der Waals surface area contributed by atoms with Crippen LogP contribution in [0.3, 0.4) is 0 Å². The zero-order valence-corrected chi connectivity index (χ0v) is 11.3. The highest BCUT2D eigenvalue weighted by molar-refractivity contribution is 6.31. The van der Waals surface area contributed by atoms with Gasteiger partial charge in [-0.2, -0.15) is 4.98 Å². The number of hydrogen-bond donors (Lipinski definition) is 2. The van der Waals surface area contributed by atoms with Crippen LogP contribution in [-0.2, 0) is 6.61 Å². The van der Waals surface area contributed by atoms with E-state index in [-0.39, 0.29) is 6.61 Å². The van der Waals surface area contributed by atoms with Crippen molar-refractivity contribution in [3.05, 3.63) is 22.7 Å². The van der Waals surface area contributed by atoms with Crippen LogP contribution in [0.4, 0.5) is 6.01 Å². The van der Waals surface area contributed by atoms with Crippen LogP contribution in [0.1, 0.15) is 12.0 Å². The lowest BCUT2D eigenvalue weighted by molar-refractivity contribution is 0.281. The summed E-state index contributed by atoms with van der Waals surface area (Å²) >= 11 is 6.01. The number of fused-ring (bicyclic) bond motifs is 1. The molecule has 0 saturated carbocycles. The molecule has 0 spiro atoms. The Morgan fingerprint density at radius 2 is 2.26 bits per heavy atom. The van der Waals surface area contributed by atoms with Gasteiger partial charge in [0.15, 0.2) is 5.58 Å². The summed E-state index contributed by atoms with van der Waals surface area (Å²) in [6, 6.07) is 4.08. The van der Waals surface area contributed by atoms with Crippen molar-refractivity contribution in [3.63, 3.8) is 0 Å². The number of aromatic nitrogens is 1. The monoisotopic (exact) mass is 281 g/mol. The molecule has 2 heterocycles. The van der Waals surface area contributed by atoms with E-state index in [0.29, 0.717) is 27.7 Å². The van der Waals surface area contributed by atoms with Gasteiger partial charge < -0.3 is 19.7 Å². The lowest BCUT2D eigenvalue weighted by Crippen LogP contribution is -2.27. The molecule has 0 amide bonds. The third-order valence-electron chi connectivity index (χ3n) is 3.30. The minimum atomic E-state index is -0.104. The summed E-state index contributed by atoms with van der Waals surface area (Å²) in [4.78, 5) is 6.60. The number of halogens is 1. The summed E-state index contributed by atoms with van der Waals surface area (Å²) in [6.45, 7) is 3.63. The number of benzene rings is 1. The van der Waals surface area contributed by atoms with Crippen molar-refractivity contribution < 1.29 is 9.52 Å². The molecule has 102 valence electrons. The van der Waals surface area contributed by atoms with E-state index in [1.807, 2.05) is 0 Å². The van der Waals surface area contributed by atoms with E-state index < -0.39 is 0 Å². The second-order valence-corrected chi connectivity index (χ2v) is 5.09. The Morgan fingerprint density at radius 1 is 1.37 bits per heavy atom. The molecule has 0 radical (unpaired) electrons. The molecule has 0 atom stereocenters. The number of anilines is 1. The second-order valence-electron chi connectivity index (χ2n) is 4.66. The number of nitrogens with zero attached hydrogens (tertiary/aromatic N) is 2. The third-order valence-corrected chi connectivity index (χ3v) is 3.52. The highest BCUT2D eigenvalue weighted by Crippen LogP contribution is 2.28. The van der Waals surface area contributed by atoms with Crippen LogP contribution < -0.4 is 10.2 Å². The molecular formula is C13H16ClN3O2. The minimum absolute atomic E-state index is 0.104. The first-order chi connectivity index (χ1) is 9.28. The highest BCUT2D eigenvalue weighted by atomic mass is 35.5. The molecule has 5 nitrogen and oxygen atoms in total. The summed E-state index contributed by atoms with van der Waals surface area (Å²) in [7, 11) is 0. The SMILES string of the molecule is OCc1cc(Cl)cc2nc(N3CCCNCC3)oc12. The van der Waals surface area contributed by atoms with Crippen LogP contribution in [0, 0.1) is 0 Å². The maximum absolute atomic E-state index is 9.35. The molecule has 0 bridgehead atoms. The van der Waals surface area contributed by atoms with E-state index in [2.05, 4.69) is 15.2 Å². The van der Waals surface area contributed by atoms with Crippen molar-refractivity contribution in [2.45, 2.75) is 13.0 Å². The van der Waals surface area contributed by atoms with Crippen molar-refractivity contribution in [1.29, 1.82) is 0 Å². The largest absolute Gasteiger partial charge is 0.423 e. The lowest BCUT2D eigenvalue weighted by atomic mass is 10.2. The van der Waals surface area contributed by atoms with Crippen molar-refractivity contribution >= 4 is 28.7 Å². The topological polar surface area (TPSA) is 61.5 Å². The molecule has 1 fully saturated rings. The average molecular weight is 282 g/mol. The van der Waals surface area contributed by atoms with Gasteiger partial charge in [0, 0.05) is 30.2 Å². The van der Waals surface area contributed by atoms with Crippen molar-refractivity contribution in [2.24, 2.45) is 0 Å². The normalized spacial score (nSPS) is 16.8. The van der Waals surface area contributed by atoms with Gasteiger partial charge in [-0.1, -0.05) is 11.6 Å². The molecule has 19 heavy (non-hydrogen) atoms. The third kappa shape index (κ3) is 2.54. The highest BCUT2D eigenvalue weighted by Gasteiger charge is 2.17. The fourth-order valence-corrected chi connectivity index (χ4v) is 2.58. The molecule has 0 aliphatic carbocycles. The summed E-state index contributed by atoms with van der Waals surface area (Å²) < 4.78 is 5.81. The molecule has 1 aromatic carbocycles. The first kappa shape index (κ1) is 12.7. The Balaban J connectivity index is 2.00. The zero-order chi connectivity index (χ0) is 13.2. The first-order valence-corrected chi connectivity index (χ1v) is 6.81. The predicted molar refractivity (Wildman–Crippen MR) is 74.6 cm³/mol. The van der Waals surface area contributed by atoms with Crippen molar-refractivity contribution in [1.82, 2.24) is 10.3 Å². The van der Waals surface area contributed by atoms with Gasteiger partial charge in [0.05, 0.1) is 6.61 Å². The van der Waals surface area contributed by atoms with E-state index >= 15 is 0 Å². The lowest BCUT2D eigenvalue weighted by Gasteiger charge is -2.16. The van der Waals surface area contributed by atoms with Gasteiger partial charge in [0.25, 0.3) is 6.01 Å². The number of aliphatic hydroxyl groups is 1. The first-order valence-electron chi connectivity index (χ1n) is 6.43. The molecule has 0 unspecified atom stereocenters. The molecular weight excluding hydrogens is 266 g/mol. The van der Waals surface area contributed by atoms with Gasteiger partial charge in [0.1, 0.15) is 5.52 Å². The van der Waals surface area contributed by atoms with Crippen LogP contribution in [0.25, 0.3) is 11.1 Å². The molecule has 1 aliphatic rings. The van der Waals surface area contributed by atoms with Crippen LogP contribution in [-0.4, -0.2) is 36.3 Å². The van der Waals surface area contributed by atoms with Gasteiger partial charge in [-0.15, -0.1) is 0 Å². The summed E-state index contributed by atoms with van der Waals surface area (Å²) in [5.41, 5.74) is 2.00. The van der Waals surface area contributed by atoms with Gasteiger partial charge in [-0.25, -0.2) is 0 Å². The smallest absolute Gasteiger partial charge is 0.298 e. The Morgan fingerprint density at radius 3 is 3.11 bits per heavy atom. The summed E-state index contributed by atoms with van der Waals surface area (Å²) in [5, 5.41) is 13.3. The van der Waals surface area contributed by atoms with Crippen LogP contribution in [0.15, 0.2) is 16.5 Å². The van der Waals surface area contributed by atoms with E-state index in [1.54, 1.807) is 12.1 Å². The van der Waals surface area contributed by atoms with Crippen LogP contribution in [0.2, 0.25) is 5.02 Å². The Hall–Kier alpha value is -1.30. The summed E-state index contributed by atoms with van der Waals surface area (Å²) in [5.74, 6) is 0. The van der Waals surface area contributed by atoms with E-state index in [0.717, 1.165) is 32.6 Å². The predicted octanol–water partition coefficient (Wildman–Crippen LogP) is 1.77. The average Bonchev–Trinajstić information content (AvgIpc) is 2.65. The van der Waals surface area contributed by atoms with Gasteiger partial charge in [-0.3, -0.25) is 0 Å². The quantitative estimate of drug-likeness (QED) is 0.878. The fraction of sp³-hybridized carbons (Fsp3) is 0.462. The molecule has 2 aromatic rings. The van der Waals surface area contributed by atoms with Gasteiger partial charge in [0.2, 0.25) is 0 Å². The number of hydrogen-bond acceptors (Lipinski definition) is 5. The van der Waals surface area contributed by atoms with E-state index in [1.165, 1.54) is 0 Å². The van der Waals surface area contributed by atoms with Crippen molar-refractivity contribution in [3.8, 4) is 0 Å². The zero-order valence-electron chi connectivity index (χ0n) is 10.5. The maximum Gasteiger partial charge on any atom is 0.298 e. The molecule has 2 N–H and O–H groups in total. The van der Waals surface area contributed by atoms with Gasteiger partial charge >= 0.3 is 0 Å². The fourth-order valence-electron chi connectivity index (χ4n) is 2.34. The van der Waals surface area contributed by atoms with E-state index in [4.69, 9.17) is 16.0 Å². The molecule has 6 heteroatoms. The van der Waals surface area contributed by atoms with Gasteiger partial charge in [-0.05, 0) is 25.1 Å². The number of rotatable bonds is 2. The van der Waals surface area contributed by atoms with Crippen LogP contribution >= 0.6 is 11.6 Å². The Kier molecular flexibility index (Phi) is 3.59.